The van der Waals surface area contributed by atoms with Gasteiger partial charge in [-0.05, 0) is 38.2 Å². The fraction of sp³-hybridized carbons (Fsp3) is 0.158. The highest BCUT2D eigenvalue weighted by molar-refractivity contribution is 7.91. The number of hydrogen-bond donors (Lipinski definition) is 1. The Morgan fingerprint density at radius 2 is 1.68 bits per heavy atom. The van der Waals surface area contributed by atoms with Gasteiger partial charge in [-0.15, -0.1) is 3.89 Å². The summed E-state index contributed by atoms with van der Waals surface area (Å²) < 4.78 is 39.8. The summed E-state index contributed by atoms with van der Waals surface area (Å²) in [7, 11) is -2.01. The van der Waals surface area contributed by atoms with Crippen LogP contribution in [0.2, 0.25) is 0 Å². The van der Waals surface area contributed by atoms with E-state index in [2.05, 4.69) is 5.32 Å². The summed E-state index contributed by atoms with van der Waals surface area (Å²) in [5, 5.41) is 3.02. The molecular weight excluding hydrogens is 339 g/mol. The lowest BCUT2D eigenvalue weighted by Crippen LogP contribution is -2.43. The van der Waals surface area contributed by atoms with Crippen LogP contribution in [0.4, 0.5) is 10.1 Å². The van der Waals surface area contributed by atoms with E-state index >= 15 is 0 Å². The van der Waals surface area contributed by atoms with Crippen LogP contribution in [-0.4, -0.2) is 22.0 Å². The van der Waals surface area contributed by atoms with E-state index in [0.717, 1.165) is 11.1 Å². The molecule has 4 nitrogen and oxygen atoms in total. The molecule has 0 saturated carbocycles. The zero-order valence-corrected chi connectivity index (χ0v) is 14.9. The fourth-order valence-corrected chi connectivity index (χ4v) is 4.58. The molecule has 0 bridgehead atoms. The van der Waals surface area contributed by atoms with Crippen LogP contribution in [-0.2, 0) is 10.0 Å². The second-order valence-electron chi connectivity index (χ2n) is 6.02. The molecule has 1 N–H and O–H groups in total. The Morgan fingerprint density at radius 1 is 1.04 bits per heavy atom. The molecule has 0 amide bonds. The van der Waals surface area contributed by atoms with Gasteiger partial charge >= 0.3 is 10.0 Å². The molecule has 0 aromatic heterocycles. The fourth-order valence-electron chi connectivity index (χ4n) is 2.86. The largest absolute Gasteiger partial charge is 0.340 e. The molecule has 0 spiro atoms. The van der Waals surface area contributed by atoms with E-state index in [0.29, 0.717) is 12.2 Å². The van der Waals surface area contributed by atoms with Crippen LogP contribution in [0.5, 0.6) is 0 Å². The molecule has 6 heteroatoms. The van der Waals surface area contributed by atoms with Gasteiger partial charge in [-0.25, -0.2) is 4.39 Å². The standard InChI is InChI=1S/C19H20FN2O2S/c1-15-3-9-19(10-4-15)25(23,24)22(12-11-16(14-22)13-21-2)18-7-5-17(20)6-8-18/h3-12,14,21H,13H2,1-2H3/q+1. The predicted octanol–water partition coefficient (Wildman–Crippen LogP) is 3.46. The van der Waals surface area contributed by atoms with Crippen LogP contribution in [0.1, 0.15) is 5.56 Å². The number of benzene rings is 2. The van der Waals surface area contributed by atoms with E-state index in [1.54, 1.807) is 49.8 Å². The van der Waals surface area contributed by atoms with Crippen molar-refractivity contribution in [2.24, 2.45) is 0 Å². The summed E-state index contributed by atoms with van der Waals surface area (Å²) in [4.78, 5) is 0.217. The smallest absolute Gasteiger partial charge is 0.315 e. The highest BCUT2D eigenvalue weighted by Crippen LogP contribution is 2.37. The number of hydrogen-bond acceptors (Lipinski definition) is 3. The maximum absolute atomic E-state index is 13.5. The van der Waals surface area contributed by atoms with Gasteiger partial charge < -0.3 is 5.32 Å². The first-order chi connectivity index (χ1) is 11.9. The van der Waals surface area contributed by atoms with E-state index in [1.807, 2.05) is 6.92 Å². The average molecular weight is 359 g/mol. The predicted molar refractivity (Wildman–Crippen MR) is 97.7 cm³/mol. The van der Waals surface area contributed by atoms with Gasteiger partial charge in [0.05, 0.1) is 0 Å². The summed E-state index contributed by atoms with van der Waals surface area (Å²) in [5.41, 5.74) is 2.29. The Hall–Kier alpha value is -2.28. The molecule has 2 aromatic rings. The van der Waals surface area contributed by atoms with Gasteiger partial charge in [-0.3, -0.25) is 0 Å². The van der Waals surface area contributed by atoms with E-state index < -0.39 is 19.7 Å². The quantitative estimate of drug-likeness (QED) is 0.832. The second-order valence-corrected chi connectivity index (χ2v) is 8.05. The maximum Gasteiger partial charge on any atom is 0.340 e. The number of sulfonamides is 1. The summed E-state index contributed by atoms with van der Waals surface area (Å²) in [6.45, 7) is 2.45. The Kier molecular flexibility index (Phi) is 4.60. The molecule has 3 rings (SSSR count). The number of nitrogens with one attached hydrogen (secondary N) is 1. The highest BCUT2D eigenvalue weighted by atomic mass is 32.2. The molecule has 25 heavy (non-hydrogen) atoms. The summed E-state index contributed by atoms with van der Waals surface area (Å²) in [6.07, 6.45) is 5.08. The molecule has 0 saturated heterocycles. The van der Waals surface area contributed by atoms with Crippen LogP contribution in [0, 0.1) is 12.7 Å². The minimum absolute atomic E-state index is 0.217. The Balaban J connectivity index is 2.20. The van der Waals surface area contributed by atoms with Crippen molar-refractivity contribution in [1.29, 1.82) is 0 Å². The number of aryl methyl sites for hydroxylation is 1. The van der Waals surface area contributed by atoms with Gasteiger partial charge in [-0.2, -0.15) is 8.42 Å². The number of nitrogens with zero attached hydrogens (tertiary/aromatic N) is 1. The molecule has 2 aromatic carbocycles. The van der Waals surface area contributed by atoms with Crippen LogP contribution in [0.25, 0.3) is 0 Å². The first-order valence-electron chi connectivity index (χ1n) is 7.91. The number of rotatable bonds is 5. The molecule has 130 valence electrons. The zero-order chi connectivity index (χ0) is 18.1. The van der Waals surface area contributed by atoms with E-state index in [-0.39, 0.29) is 4.90 Å². The zero-order valence-electron chi connectivity index (χ0n) is 14.1. The van der Waals surface area contributed by atoms with Crippen molar-refractivity contribution in [2.75, 3.05) is 13.6 Å². The molecular formula is C19H20FN2O2S+. The minimum atomic E-state index is -3.81. The number of halogens is 1. The topological polar surface area (TPSA) is 46.2 Å². The molecule has 1 heterocycles. The maximum atomic E-state index is 13.5. The molecule has 0 aliphatic carbocycles. The summed E-state index contributed by atoms with van der Waals surface area (Å²) >= 11 is 0. The van der Waals surface area contributed by atoms with Gasteiger partial charge in [0.25, 0.3) is 0 Å². The third-order valence-corrected chi connectivity index (χ3v) is 6.30. The molecule has 1 atom stereocenters. The first-order valence-corrected chi connectivity index (χ1v) is 9.35. The van der Waals surface area contributed by atoms with Crippen LogP contribution >= 0.6 is 0 Å². The average Bonchev–Trinajstić information content (AvgIpc) is 3.02. The van der Waals surface area contributed by atoms with Crippen LogP contribution in [0.3, 0.4) is 0 Å². The Bertz CT molecular complexity index is 932. The second kappa shape index (κ2) is 6.55. The van der Waals surface area contributed by atoms with Crippen molar-refractivity contribution in [3.63, 3.8) is 0 Å². The Labute approximate surface area is 147 Å². The van der Waals surface area contributed by atoms with Gasteiger partial charge in [0.15, 0.2) is 5.69 Å². The summed E-state index contributed by atoms with van der Waals surface area (Å²) in [5.74, 6) is -0.405. The SMILES string of the molecule is CNCC1=C[N+](c2ccc(F)cc2)(S(=O)(=O)c2ccc(C)cc2)C=C1. The summed E-state index contributed by atoms with van der Waals surface area (Å²) in [6, 6.07) is 12.3. The third-order valence-electron chi connectivity index (χ3n) is 4.20. The minimum Gasteiger partial charge on any atom is -0.315 e. The molecule has 1 aliphatic heterocycles. The lowest BCUT2D eigenvalue weighted by atomic mass is 10.2. The van der Waals surface area contributed by atoms with Gasteiger partial charge in [0.2, 0.25) is 0 Å². The first kappa shape index (κ1) is 17.5. The molecule has 0 fully saturated rings. The molecule has 1 aliphatic rings. The van der Waals surface area contributed by atoms with Crippen molar-refractivity contribution >= 4 is 15.7 Å². The lowest BCUT2D eigenvalue weighted by Gasteiger charge is -2.27. The van der Waals surface area contributed by atoms with E-state index in [1.165, 1.54) is 24.3 Å². The molecule has 0 radical (unpaired) electrons. The number of likely N-dealkylation sites (N-methyl/N-ethyl adjacent to an activating group) is 1. The normalized spacial score (nSPS) is 19.9. The van der Waals surface area contributed by atoms with Crippen LogP contribution < -0.4 is 9.21 Å². The lowest BCUT2D eigenvalue weighted by molar-refractivity contribution is 0.548. The van der Waals surface area contributed by atoms with Crippen molar-refractivity contribution < 1.29 is 12.8 Å². The van der Waals surface area contributed by atoms with Crippen molar-refractivity contribution in [1.82, 2.24) is 9.21 Å². The van der Waals surface area contributed by atoms with Gasteiger partial charge in [0, 0.05) is 30.3 Å². The third kappa shape index (κ3) is 3.04. The Morgan fingerprint density at radius 3 is 2.28 bits per heavy atom. The number of quaternary nitrogens is 1. The monoisotopic (exact) mass is 359 g/mol. The van der Waals surface area contributed by atoms with Gasteiger partial charge in [-0.1, -0.05) is 17.7 Å². The van der Waals surface area contributed by atoms with Crippen molar-refractivity contribution in [2.45, 2.75) is 11.8 Å². The van der Waals surface area contributed by atoms with Crippen molar-refractivity contribution in [3.05, 3.63) is 84.0 Å². The highest BCUT2D eigenvalue weighted by Gasteiger charge is 2.45. The van der Waals surface area contributed by atoms with E-state index in [4.69, 9.17) is 0 Å². The van der Waals surface area contributed by atoms with E-state index in [9.17, 15) is 12.8 Å². The van der Waals surface area contributed by atoms with Crippen LogP contribution in [0.15, 0.2) is 77.5 Å². The van der Waals surface area contributed by atoms with Crippen molar-refractivity contribution in [3.8, 4) is 0 Å². The molecule has 1 unspecified atom stereocenters. The van der Waals surface area contributed by atoms with Gasteiger partial charge in [0.1, 0.15) is 23.1 Å².